The summed E-state index contributed by atoms with van der Waals surface area (Å²) in [5.74, 6) is 0.791. The molecule has 0 spiro atoms. The van der Waals surface area contributed by atoms with Gasteiger partial charge in [-0.3, -0.25) is 10.1 Å². The van der Waals surface area contributed by atoms with Crippen LogP contribution in [0.25, 0.3) is 0 Å². The van der Waals surface area contributed by atoms with E-state index in [9.17, 15) is 10.1 Å². The van der Waals surface area contributed by atoms with Crippen molar-refractivity contribution >= 4 is 5.69 Å². The van der Waals surface area contributed by atoms with Crippen molar-refractivity contribution in [1.82, 2.24) is 5.32 Å². The monoisotopic (exact) mass is 248 g/mol. The SMILES string of the molecule is CC1CCC(NC(C)c2cccc([N+](=O)[O-])c2)C1. The lowest BCUT2D eigenvalue weighted by Crippen LogP contribution is -2.29. The molecule has 1 N–H and O–H groups in total. The molecule has 0 radical (unpaired) electrons. The first-order valence-corrected chi connectivity index (χ1v) is 6.56. The van der Waals surface area contributed by atoms with Crippen molar-refractivity contribution in [3.63, 3.8) is 0 Å². The number of nitrogens with one attached hydrogen (secondary N) is 1. The van der Waals surface area contributed by atoms with E-state index in [-0.39, 0.29) is 16.7 Å². The topological polar surface area (TPSA) is 55.2 Å². The molecule has 1 aliphatic rings. The first kappa shape index (κ1) is 13.0. The van der Waals surface area contributed by atoms with E-state index in [1.54, 1.807) is 12.1 Å². The third kappa shape index (κ3) is 3.07. The van der Waals surface area contributed by atoms with Crippen LogP contribution < -0.4 is 5.32 Å². The molecule has 0 aromatic heterocycles. The predicted octanol–water partition coefficient (Wildman–Crippen LogP) is 3.43. The van der Waals surface area contributed by atoms with E-state index in [1.165, 1.54) is 25.3 Å². The van der Waals surface area contributed by atoms with Gasteiger partial charge in [0.2, 0.25) is 0 Å². The summed E-state index contributed by atoms with van der Waals surface area (Å²) in [6, 6.07) is 7.62. The molecule has 4 heteroatoms. The predicted molar refractivity (Wildman–Crippen MR) is 71.5 cm³/mol. The Morgan fingerprint density at radius 2 is 2.22 bits per heavy atom. The molecular formula is C14H20N2O2. The van der Waals surface area contributed by atoms with Gasteiger partial charge in [-0.2, -0.15) is 0 Å². The van der Waals surface area contributed by atoms with E-state index in [1.807, 2.05) is 6.07 Å². The molecule has 1 aliphatic carbocycles. The molecule has 4 nitrogen and oxygen atoms in total. The largest absolute Gasteiger partial charge is 0.307 e. The fourth-order valence-electron chi connectivity index (χ4n) is 2.72. The standard InChI is InChI=1S/C14H20N2O2/c1-10-6-7-13(8-10)15-11(2)12-4-3-5-14(9-12)16(17)18/h3-5,9-11,13,15H,6-8H2,1-2H3. The summed E-state index contributed by atoms with van der Waals surface area (Å²) in [5, 5.41) is 14.3. The second-order valence-electron chi connectivity index (χ2n) is 5.36. The van der Waals surface area contributed by atoms with Crippen LogP contribution in [0, 0.1) is 16.0 Å². The number of rotatable bonds is 4. The fraction of sp³-hybridized carbons (Fsp3) is 0.571. The number of non-ortho nitro benzene ring substituents is 1. The van der Waals surface area contributed by atoms with Gasteiger partial charge in [-0.1, -0.05) is 19.1 Å². The van der Waals surface area contributed by atoms with Crippen LogP contribution in [0.4, 0.5) is 5.69 Å². The van der Waals surface area contributed by atoms with E-state index < -0.39 is 0 Å². The molecule has 18 heavy (non-hydrogen) atoms. The summed E-state index contributed by atoms with van der Waals surface area (Å²) in [7, 11) is 0. The highest BCUT2D eigenvalue weighted by Gasteiger charge is 2.23. The average Bonchev–Trinajstić information content (AvgIpc) is 2.75. The molecule has 1 aromatic rings. The highest BCUT2D eigenvalue weighted by Crippen LogP contribution is 2.27. The van der Waals surface area contributed by atoms with Crippen molar-refractivity contribution in [2.75, 3.05) is 0 Å². The van der Waals surface area contributed by atoms with Crippen molar-refractivity contribution in [3.8, 4) is 0 Å². The Kier molecular flexibility index (Phi) is 3.97. The van der Waals surface area contributed by atoms with Gasteiger partial charge in [0.15, 0.2) is 0 Å². The van der Waals surface area contributed by atoms with Gasteiger partial charge in [-0.25, -0.2) is 0 Å². The third-order valence-electron chi connectivity index (χ3n) is 3.76. The summed E-state index contributed by atoms with van der Waals surface area (Å²) in [6.45, 7) is 4.35. The third-order valence-corrected chi connectivity index (χ3v) is 3.76. The average molecular weight is 248 g/mol. The number of nitrogens with zero attached hydrogens (tertiary/aromatic N) is 1. The molecule has 0 bridgehead atoms. The first-order valence-electron chi connectivity index (χ1n) is 6.56. The molecule has 1 aromatic carbocycles. The Morgan fingerprint density at radius 1 is 1.44 bits per heavy atom. The van der Waals surface area contributed by atoms with Gasteiger partial charge in [0.05, 0.1) is 4.92 Å². The summed E-state index contributed by atoms with van der Waals surface area (Å²) < 4.78 is 0. The van der Waals surface area contributed by atoms with Crippen molar-refractivity contribution in [2.45, 2.75) is 45.2 Å². The number of benzene rings is 1. The van der Waals surface area contributed by atoms with Gasteiger partial charge in [0.25, 0.3) is 5.69 Å². The molecule has 3 atom stereocenters. The number of hydrogen-bond acceptors (Lipinski definition) is 3. The summed E-state index contributed by atoms with van der Waals surface area (Å²) in [4.78, 5) is 10.4. The molecule has 0 heterocycles. The van der Waals surface area contributed by atoms with E-state index in [2.05, 4.69) is 19.2 Å². The maximum atomic E-state index is 10.7. The zero-order valence-corrected chi connectivity index (χ0v) is 10.9. The van der Waals surface area contributed by atoms with E-state index >= 15 is 0 Å². The van der Waals surface area contributed by atoms with Crippen molar-refractivity contribution in [3.05, 3.63) is 39.9 Å². The van der Waals surface area contributed by atoms with Crippen molar-refractivity contribution < 1.29 is 4.92 Å². The Morgan fingerprint density at radius 3 is 2.83 bits per heavy atom. The van der Waals surface area contributed by atoms with Gasteiger partial charge in [-0.05, 0) is 37.7 Å². The summed E-state index contributed by atoms with van der Waals surface area (Å²) in [5.41, 5.74) is 1.16. The number of hydrogen-bond donors (Lipinski definition) is 1. The van der Waals surface area contributed by atoms with E-state index in [0.717, 1.165) is 11.5 Å². The maximum absolute atomic E-state index is 10.7. The molecular weight excluding hydrogens is 228 g/mol. The lowest BCUT2D eigenvalue weighted by molar-refractivity contribution is -0.384. The molecule has 1 saturated carbocycles. The zero-order chi connectivity index (χ0) is 13.1. The molecule has 98 valence electrons. The number of nitro benzene ring substituents is 1. The maximum Gasteiger partial charge on any atom is 0.269 e. The normalized spacial score (nSPS) is 25.0. The highest BCUT2D eigenvalue weighted by atomic mass is 16.6. The minimum Gasteiger partial charge on any atom is -0.307 e. The van der Waals surface area contributed by atoms with Gasteiger partial charge in [0.1, 0.15) is 0 Å². The lowest BCUT2D eigenvalue weighted by atomic mass is 10.1. The Balaban J connectivity index is 2.02. The lowest BCUT2D eigenvalue weighted by Gasteiger charge is -2.19. The van der Waals surface area contributed by atoms with Crippen molar-refractivity contribution in [2.24, 2.45) is 5.92 Å². The zero-order valence-electron chi connectivity index (χ0n) is 10.9. The quantitative estimate of drug-likeness (QED) is 0.656. The summed E-state index contributed by atoms with van der Waals surface area (Å²) in [6.07, 6.45) is 3.69. The van der Waals surface area contributed by atoms with Gasteiger partial charge < -0.3 is 5.32 Å². The molecule has 1 fully saturated rings. The van der Waals surface area contributed by atoms with E-state index in [4.69, 9.17) is 0 Å². The molecule has 0 amide bonds. The fourth-order valence-corrected chi connectivity index (χ4v) is 2.72. The number of nitro groups is 1. The molecule has 2 rings (SSSR count). The second-order valence-corrected chi connectivity index (χ2v) is 5.36. The molecule has 0 aliphatic heterocycles. The Bertz CT molecular complexity index is 434. The first-order chi connectivity index (χ1) is 8.56. The molecule has 0 saturated heterocycles. The van der Waals surface area contributed by atoms with E-state index in [0.29, 0.717) is 6.04 Å². The van der Waals surface area contributed by atoms with Crippen LogP contribution in [-0.2, 0) is 0 Å². The van der Waals surface area contributed by atoms with Crippen LogP contribution in [0.15, 0.2) is 24.3 Å². The van der Waals surface area contributed by atoms with Gasteiger partial charge in [-0.15, -0.1) is 0 Å². The summed E-state index contributed by atoms with van der Waals surface area (Å²) >= 11 is 0. The van der Waals surface area contributed by atoms with Crippen LogP contribution in [0.1, 0.15) is 44.7 Å². The van der Waals surface area contributed by atoms with Gasteiger partial charge >= 0.3 is 0 Å². The Labute approximate surface area is 108 Å². The smallest absolute Gasteiger partial charge is 0.269 e. The van der Waals surface area contributed by atoms with Crippen LogP contribution in [-0.4, -0.2) is 11.0 Å². The highest BCUT2D eigenvalue weighted by molar-refractivity contribution is 5.35. The van der Waals surface area contributed by atoms with Gasteiger partial charge in [0, 0.05) is 24.2 Å². The van der Waals surface area contributed by atoms with Crippen LogP contribution in [0.5, 0.6) is 0 Å². The molecule has 3 unspecified atom stereocenters. The Hall–Kier alpha value is -1.42. The van der Waals surface area contributed by atoms with Crippen LogP contribution in [0.2, 0.25) is 0 Å². The van der Waals surface area contributed by atoms with Crippen molar-refractivity contribution in [1.29, 1.82) is 0 Å². The van der Waals surface area contributed by atoms with Crippen LogP contribution in [0.3, 0.4) is 0 Å². The minimum atomic E-state index is -0.339. The van der Waals surface area contributed by atoms with Crippen LogP contribution >= 0.6 is 0 Å². The minimum absolute atomic E-state index is 0.167. The second kappa shape index (κ2) is 5.48.